The van der Waals surface area contributed by atoms with Crippen molar-refractivity contribution in [2.45, 2.75) is 5.16 Å². The highest BCUT2D eigenvalue weighted by molar-refractivity contribution is 7.99. The summed E-state index contributed by atoms with van der Waals surface area (Å²) in [6.45, 7) is 0. The van der Waals surface area contributed by atoms with Crippen molar-refractivity contribution in [1.29, 1.82) is 0 Å². The summed E-state index contributed by atoms with van der Waals surface area (Å²) in [7, 11) is 1.55. The van der Waals surface area contributed by atoms with Crippen LogP contribution in [0, 0.1) is 11.6 Å². The van der Waals surface area contributed by atoms with E-state index in [-0.39, 0.29) is 16.5 Å². The Hall–Kier alpha value is -3.20. The number of para-hydroxylation sites is 1. The molecule has 6 nitrogen and oxygen atoms in total. The normalized spacial score (nSPS) is 10.5. The SMILES string of the molecule is COc1ccc(-c2cc(=O)[nH]c(SCC(=O)Nc3c(F)cccc3F)n2)cc1. The first-order valence-electron chi connectivity index (χ1n) is 8.08. The summed E-state index contributed by atoms with van der Waals surface area (Å²) in [5, 5.41) is 2.39. The number of nitrogens with zero attached hydrogens (tertiary/aromatic N) is 1. The average molecular weight is 403 g/mol. The van der Waals surface area contributed by atoms with E-state index >= 15 is 0 Å². The highest BCUT2D eigenvalue weighted by atomic mass is 32.2. The van der Waals surface area contributed by atoms with Crippen LogP contribution in [0.3, 0.4) is 0 Å². The molecule has 0 unspecified atom stereocenters. The smallest absolute Gasteiger partial charge is 0.252 e. The minimum Gasteiger partial charge on any atom is -0.497 e. The van der Waals surface area contributed by atoms with Crippen LogP contribution in [0.2, 0.25) is 0 Å². The van der Waals surface area contributed by atoms with Crippen molar-refractivity contribution in [2.75, 3.05) is 18.2 Å². The van der Waals surface area contributed by atoms with E-state index in [1.165, 1.54) is 12.1 Å². The molecule has 0 radical (unpaired) electrons. The van der Waals surface area contributed by atoms with Gasteiger partial charge in [-0.15, -0.1) is 0 Å². The van der Waals surface area contributed by atoms with Crippen molar-refractivity contribution in [2.24, 2.45) is 0 Å². The fourth-order valence-corrected chi connectivity index (χ4v) is 3.02. The van der Waals surface area contributed by atoms with Crippen molar-refractivity contribution in [3.63, 3.8) is 0 Å². The summed E-state index contributed by atoms with van der Waals surface area (Å²) in [4.78, 5) is 30.7. The zero-order chi connectivity index (χ0) is 20.1. The van der Waals surface area contributed by atoms with Gasteiger partial charge in [0.1, 0.15) is 23.1 Å². The predicted octanol–water partition coefficient (Wildman–Crippen LogP) is 3.45. The second kappa shape index (κ2) is 8.66. The van der Waals surface area contributed by atoms with Gasteiger partial charge in [-0.1, -0.05) is 17.8 Å². The Labute approximate surface area is 163 Å². The monoisotopic (exact) mass is 403 g/mol. The summed E-state index contributed by atoms with van der Waals surface area (Å²) in [5.74, 6) is -1.90. The van der Waals surface area contributed by atoms with Gasteiger partial charge in [0.15, 0.2) is 5.16 Å². The Bertz CT molecular complexity index is 1030. The van der Waals surface area contributed by atoms with E-state index in [2.05, 4.69) is 15.3 Å². The Morgan fingerprint density at radius 3 is 2.50 bits per heavy atom. The zero-order valence-corrected chi connectivity index (χ0v) is 15.5. The molecule has 1 amide bonds. The van der Waals surface area contributed by atoms with Crippen LogP contribution in [0.1, 0.15) is 0 Å². The Kier molecular flexibility index (Phi) is 6.05. The Morgan fingerprint density at radius 2 is 1.86 bits per heavy atom. The molecule has 0 aliphatic rings. The Morgan fingerprint density at radius 1 is 1.18 bits per heavy atom. The van der Waals surface area contributed by atoms with Gasteiger partial charge in [0.25, 0.3) is 5.56 Å². The third-order valence-electron chi connectivity index (χ3n) is 3.67. The molecule has 2 aromatic carbocycles. The molecule has 144 valence electrons. The molecular formula is C19H15F2N3O3S. The standard InChI is InChI=1S/C19H15F2N3O3S/c1-27-12-7-5-11(6-8-12)15-9-16(25)24-19(22-15)28-10-17(26)23-18-13(20)3-2-4-14(18)21/h2-9H,10H2,1H3,(H,23,26)(H,22,24,25). The van der Waals surface area contributed by atoms with Gasteiger partial charge in [0.05, 0.1) is 18.6 Å². The first-order chi connectivity index (χ1) is 13.5. The molecule has 0 saturated heterocycles. The largest absolute Gasteiger partial charge is 0.497 e. The zero-order valence-electron chi connectivity index (χ0n) is 14.7. The van der Waals surface area contributed by atoms with Crippen LogP contribution in [0.15, 0.2) is 58.5 Å². The van der Waals surface area contributed by atoms with Gasteiger partial charge in [-0.05, 0) is 36.4 Å². The van der Waals surface area contributed by atoms with Gasteiger partial charge in [-0.2, -0.15) is 0 Å². The predicted molar refractivity (Wildman–Crippen MR) is 103 cm³/mol. The van der Waals surface area contributed by atoms with Crippen molar-refractivity contribution < 1.29 is 18.3 Å². The van der Waals surface area contributed by atoms with E-state index < -0.39 is 23.2 Å². The van der Waals surface area contributed by atoms with E-state index in [1.807, 2.05) is 0 Å². The molecule has 0 atom stereocenters. The van der Waals surface area contributed by atoms with Crippen molar-refractivity contribution in [1.82, 2.24) is 9.97 Å². The minimum atomic E-state index is -0.869. The first kappa shape index (κ1) is 19.6. The molecule has 0 aliphatic heterocycles. The number of ether oxygens (including phenoxy) is 1. The number of rotatable bonds is 6. The fraction of sp³-hybridized carbons (Fsp3) is 0.105. The highest BCUT2D eigenvalue weighted by Gasteiger charge is 2.13. The third kappa shape index (κ3) is 4.74. The number of thioether (sulfide) groups is 1. The van der Waals surface area contributed by atoms with E-state index in [0.717, 1.165) is 23.9 Å². The van der Waals surface area contributed by atoms with E-state index in [1.54, 1.807) is 31.4 Å². The van der Waals surface area contributed by atoms with Crippen LogP contribution in [0.25, 0.3) is 11.3 Å². The molecule has 3 aromatic rings. The highest BCUT2D eigenvalue weighted by Crippen LogP contribution is 2.22. The van der Waals surface area contributed by atoms with Gasteiger partial charge in [0, 0.05) is 11.6 Å². The number of carbonyl (C=O) groups excluding carboxylic acids is 1. The lowest BCUT2D eigenvalue weighted by Gasteiger charge is -2.08. The number of nitrogens with one attached hydrogen (secondary N) is 2. The number of anilines is 1. The topological polar surface area (TPSA) is 84.1 Å². The number of halogens is 2. The quantitative estimate of drug-likeness (QED) is 0.487. The Balaban J connectivity index is 1.71. The second-order valence-electron chi connectivity index (χ2n) is 5.60. The van der Waals surface area contributed by atoms with Crippen LogP contribution in [0.4, 0.5) is 14.5 Å². The molecule has 28 heavy (non-hydrogen) atoms. The van der Waals surface area contributed by atoms with Crippen LogP contribution >= 0.6 is 11.8 Å². The molecule has 0 spiro atoms. The maximum absolute atomic E-state index is 13.6. The average Bonchev–Trinajstić information content (AvgIpc) is 2.69. The van der Waals surface area contributed by atoms with E-state index in [9.17, 15) is 18.4 Å². The number of aromatic nitrogens is 2. The van der Waals surface area contributed by atoms with E-state index in [0.29, 0.717) is 17.0 Å². The summed E-state index contributed by atoms with van der Waals surface area (Å²) < 4.78 is 32.3. The van der Waals surface area contributed by atoms with Crippen LogP contribution < -0.4 is 15.6 Å². The van der Waals surface area contributed by atoms with Crippen LogP contribution in [-0.4, -0.2) is 28.7 Å². The molecule has 2 N–H and O–H groups in total. The molecule has 1 aromatic heterocycles. The lowest BCUT2D eigenvalue weighted by Crippen LogP contribution is -2.17. The molecule has 0 saturated carbocycles. The fourth-order valence-electron chi connectivity index (χ4n) is 2.34. The number of hydrogen-bond donors (Lipinski definition) is 2. The molecule has 9 heteroatoms. The van der Waals surface area contributed by atoms with Gasteiger partial charge >= 0.3 is 0 Å². The molecule has 3 rings (SSSR count). The number of H-pyrrole nitrogens is 1. The number of amides is 1. The van der Waals surface area contributed by atoms with Crippen LogP contribution in [-0.2, 0) is 4.79 Å². The van der Waals surface area contributed by atoms with Gasteiger partial charge in [-0.3, -0.25) is 9.59 Å². The summed E-state index contributed by atoms with van der Waals surface area (Å²) in [5.41, 5.74) is 0.228. The lowest BCUT2D eigenvalue weighted by molar-refractivity contribution is -0.113. The van der Waals surface area contributed by atoms with Crippen molar-refractivity contribution in [3.05, 3.63) is 70.5 Å². The number of hydrogen-bond acceptors (Lipinski definition) is 5. The first-order valence-corrected chi connectivity index (χ1v) is 9.07. The molecule has 1 heterocycles. The molecular weight excluding hydrogens is 388 g/mol. The summed E-state index contributed by atoms with van der Waals surface area (Å²) in [6.07, 6.45) is 0. The second-order valence-corrected chi connectivity index (χ2v) is 6.56. The number of aromatic amines is 1. The van der Waals surface area contributed by atoms with E-state index in [4.69, 9.17) is 4.74 Å². The molecule has 0 fully saturated rings. The third-order valence-corrected chi connectivity index (χ3v) is 4.55. The molecule has 0 bridgehead atoms. The maximum atomic E-state index is 13.6. The van der Waals surface area contributed by atoms with Gasteiger partial charge in [-0.25, -0.2) is 13.8 Å². The van der Waals surface area contributed by atoms with Crippen LogP contribution in [0.5, 0.6) is 5.75 Å². The number of carbonyl (C=O) groups is 1. The van der Waals surface area contributed by atoms with Crippen molar-refractivity contribution >= 4 is 23.4 Å². The summed E-state index contributed by atoms with van der Waals surface area (Å²) >= 11 is 0.942. The number of methoxy groups -OCH3 is 1. The van der Waals surface area contributed by atoms with Crippen molar-refractivity contribution in [3.8, 4) is 17.0 Å². The lowest BCUT2D eigenvalue weighted by atomic mass is 10.1. The number of benzene rings is 2. The minimum absolute atomic E-state index is 0.192. The maximum Gasteiger partial charge on any atom is 0.252 e. The summed E-state index contributed by atoms with van der Waals surface area (Å²) in [6, 6.07) is 11.6. The van der Waals surface area contributed by atoms with Gasteiger partial charge in [0.2, 0.25) is 5.91 Å². The molecule has 0 aliphatic carbocycles. The van der Waals surface area contributed by atoms with Gasteiger partial charge < -0.3 is 15.0 Å².